The topological polar surface area (TPSA) is 54.7 Å². The third-order valence-corrected chi connectivity index (χ3v) is 7.52. The van der Waals surface area contributed by atoms with Crippen LogP contribution in [0.4, 0.5) is 10.3 Å². The van der Waals surface area contributed by atoms with E-state index in [1.54, 1.807) is 12.3 Å². The second-order valence-corrected chi connectivity index (χ2v) is 9.72. The van der Waals surface area contributed by atoms with Crippen LogP contribution in [0.3, 0.4) is 0 Å². The number of hydrogen-bond acceptors (Lipinski definition) is 5. The van der Waals surface area contributed by atoms with E-state index < -0.39 is 0 Å². The highest BCUT2D eigenvalue weighted by Crippen LogP contribution is 2.45. The van der Waals surface area contributed by atoms with Crippen molar-refractivity contribution in [2.75, 3.05) is 25.0 Å². The lowest BCUT2D eigenvalue weighted by molar-refractivity contribution is 0.297. The largest absolute Gasteiger partial charge is 0.493 e. The molecule has 4 heterocycles. The van der Waals surface area contributed by atoms with Gasteiger partial charge in [0.25, 0.3) is 0 Å². The van der Waals surface area contributed by atoms with E-state index >= 15 is 0 Å². The molecule has 2 fully saturated rings. The van der Waals surface area contributed by atoms with Gasteiger partial charge in [0, 0.05) is 67.9 Å². The van der Waals surface area contributed by atoms with Crippen LogP contribution in [-0.2, 0) is 19.5 Å². The first-order valence-electron chi connectivity index (χ1n) is 12.0. The summed E-state index contributed by atoms with van der Waals surface area (Å²) in [6, 6.07) is 11.9. The van der Waals surface area contributed by atoms with Crippen LogP contribution in [0.25, 0.3) is 16.8 Å². The number of rotatable bonds is 6. The van der Waals surface area contributed by atoms with Gasteiger partial charge in [-0.2, -0.15) is 0 Å². The third kappa shape index (κ3) is 3.42. The number of imidazole rings is 1. The van der Waals surface area contributed by atoms with E-state index in [4.69, 9.17) is 4.74 Å². The molecule has 3 aliphatic rings. The number of nitrogens with one attached hydrogen (secondary N) is 1. The standard InChI is InChI=1S/C27H26FN5O/c28-24-5-6-25-21(7-10-34-25)23(24)13-31-27-30-12-22(26-29-8-9-33(26)27)18-3-1-17(2-4-18)14-32-15-19-11-20(19)16-32/h1-6,8-9,12,19-20H,7,10-11,13-16H2,(H,30,31). The molecule has 1 aliphatic carbocycles. The number of halogens is 1. The van der Waals surface area contributed by atoms with Gasteiger partial charge in [-0.1, -0.05) is 24.3 Å². The molecule has 0 bridgehead atoms. The Kier molecular flexibility index (Phi) is 4.58. The number of benzene rings is 2. The zero-order valence-electron chi connectivity index (χ0n) is 18.9. The maximum Gasteiger partial charge on any atom is 0.208 e. The Labute approximate surface area is 197 Å². The van der Waals surface area contributed by atoms with Crippen molar-refractivity contribution in [2.24, 2.45) is 11.8 Å². The fourth-order valence-corrected chi connectivity index (χ4v) is 5.60. The summed E-state index contributed by atoms with van der Waals surface area (Å²) < 4.78 is 22.1. The van der Waals surface area contributed by atoms with Gasteiger partial charge in [-0.25, -0.2) is 14.4 Å². The molecule has 1 saturated heterocycles. The van der Waals surface area contributed by atoms with E-state index in [2.05, 4.69) is 44.5 Å². The van der Waals surface area contributed by atoms with Crippen molar-refractivity contribution < 1.29 is 9.13 Å². The number of nitrogens with zero attached hydrogens (tertiary/aromatic N) is 4. The predicted molar refractivity (Wildman–Crippen MR) is 128 cm³/mol. The van der Waals surface area contributed by atoms with Crippen molar-refractivity contribution in [1.29, 1.82) is 0 Å². The summed E-state index contributed by atoms with van der Waals surface area (Å²) in [6.07, 6.45) is 7.67. The van der Waals surface area contributed by atoms with Crippen LogP contribution in [0.1, 0.15) is 23.1 Å². The number of fused-ring (bicyclic) bond motifs is 3. The van der Waals surface area contributed by atoms with Crippen molar-refractivity contribution in [3.8, 4) is 16.9 Å². The van der Waals surface area contributed by atoms with Crippen molar-refractivity contribution in [3.05, 3.63) is 77.5 Å². The molecule has 2 unspecified atom stereocenters. The van der Waals surface area contributed by atoms with Gasteiger partial charge in [-0.05, 0) is 41.5 Å². The lowest BCUT2D eigenvalue weighted by Crippen LogP contribution is -2.21. The van der Waals surface area contributed by atoms with Gasteiger partial charge in [-0.15, -0.1) is 0 Å². The Morgan fingerprint density at radius 3 is 2.76 bits per heavy atom. The Bertz CT molecular complexity index is 1370. The molecule has 2 aromatic heterocycles. The number of piperidine rings is 1. The number of aromatic nitrogens is 3. The van der Waals surface area contributed by atoms with Gasteiger partial charge < -0.3 is 10.1 Å². The minimum Gasteiger partial charge on any atom is -0.493 e. The van der Waals surface area contributed by atoms with E-state index in [1.807, 2.05) is 16.8 Å². The molecule has 0 radical (unpaired) electrons. The SMILES string of the molecule is Fc1ccc2c(c1CNc1ncc(-c3ccc(CN4CC5CC5C4)cc3)c3nccn13)CCO2. The number of anilines is 1. The monoisotopic (exact) mass is 455 g/mol. The van der Waals surface area contributed by atoms with E-state index in [1.165, 1.54) is 31.1 Å². The average Bonchev–Trinajstić information content (AvgIpc) is 3.27. The minimum absolute atomic E-state index is 0.221. The smallest absolute Gasteiger partial charge is 0.208 e. The highest BCUT2D eigenvalue weighted by atomic mass is 19.1. The average molecular weight is 456 g/mol. The third-order valence-electron chi connectivity index (χ3n) is 7.52. The van der Waals surface area contributed by atoms with E-state index in [9.17, 15) is 4.39 Å². The summed E-state index contributed by atoms with van der Waals surface area (Å²) in [4.78, 5) is 11.8. The van der Waals surface area contributed by atoms with Crippen LogP contribution in [0, 0.1) is 17.7 Å². The first-order chi connectivity index (χ1) is 16.7. The predicted octanol–water partition coefficient (Wildman–Crippen LogP) is 4.53. The first-order valence-corrected chi connectivity index (χ1v) is 12.0. The molecule has 34 heavy (non-hydrogen) atoms. The number of ether oxygens (including phenoxy) is 1. The highest BCUT2D eigenvalue weighted by Gasteiger charge is 2.44. The van der Waals surface area contributed by atoms with Crippen LogP contribution in [0.15, 0.2) is 55.0 Å². The molecule has 172 valence electrons. The maximum atomic E-state index is 14.5. The zero-order chi connectivity index (χ0) is 22.6. The quantitative estimate of drug-likeness (QED) is 0.463. The van der Waals surface area contributed by atoms with Crippen molar-refractivity contribution in [1.82, 2.24) is 19.3 Å². The van der Waals surface area contributed by atoms with Crippen LogP contribution in [0.2, 0.25) is 0 Å². The summed E-state index contributed by atoms with van der Waals surface area (Å²) in [6.45, 7) is 4.47. The van der Waals surface area contributed by atoms with E-state index in [0.29, 0.717) is 24.7 Å². The normalized spacial score (nSPS) is 20.9. The molecule has 2 aliphatic heterocycles. The fourth-order valence-electron chi connectivity index (χ4n) is 5.60. The summed E-state index contributed by atoms with van der Waals surface area (Å²) >= 11 is 0. The van der Waals surface area contributed by atoms with Gasteiger partial charge in [0.05, 0.1) is 6.61 Å². The molecule has 2 atom stereocenters. The van der Waals surface area contributed by atoms with Crippen molar-refractivity contribution in [3.63, 3.8) is 0 Å². The lowest BCUT2D eigenvalue weighted by atomic mass is 10.0. The summed E-state index contributed by atoms with van der Waals surface area (Å²) in [5.74, 6) is 3.11. The van der Waals surface area contributed by atoms with E-state index in [0.717, 1.165) is 52.9 Å². The summed E-state index contributed by atoms with van der Waals surface area (Å²) in [7, 11) is 0. The van der Waals surface area contributed by atoms with Gasteiger partial charge in [-0.3, -0.25) is 9.30 Å². The Morgan fingerprint density at radius 2 is 1.91 bits per heavy atom. The Morgan fingerprint density at radius 1 is 1.06 bits per heavy atom. The van der Waals surface area contributed by atoms with Gasteiger partial charge in [0.1, 0.15) is 17.2 Å². The summed E-state index contributed by atoms with van der Waals surface area (Å²) in [5.41, 5.74) is 5.82. The zero-order valence-corrected chi connectivity index (χ0v) is 18.9. The second-order valence-electron chi connectivity index (χ2n) is 9.72. The maximum absolute atomic E-state index is 14.5. The molecule has 0 amide bonds. The molecule has 6 nitrogen and oxygen atoms in total. The minimum atomic E-state index is -0.221. The molecular formula is C27H26FN5O. The van der Waals surface area contributed by atoms with E-state index in [-0.39, 0.29) is 5.82 Å². The highest BCUT2D eigenvalue weighted by molar-refractivity contribution is 5.78. The molecule has 2 aromatic carbocycles. The van der Waals surface area contributed by atoms with Crippen LogP contribution >= 0.6 is 0 Å². The summed E-state index contributed by atoms with van der Waals surface area (Å²) in [5, 5.41) is 3.31. The second kappa shape index (κ2) is 7.81. The van der Waals surface area contributed by atoms with Crippen molar-refractivity contribution >= 4 is 11.6 Å². The Hall–Kier alpha value is -3.45. The van der Waals surface area contributed by atoms with Crippen molar-refractivity contribution in [2.45, 2.75) is 25.9 Å². The molecule has 1 saturated carbocycles. The number of hydrogen-bond donors (Lipinski definition) is 1. The molecule has 7 heteroatoms. The molecule has 7 rings (SSSR count). The lowest BCUT2D eigenvalue weighted by Gasteiger charge is -2.17. The molecular weight excluding hydrogens is 429 g/mol. The Balaban J connectivity index is 1.12. The molecule has 4 aromatic rings. The van der Waals surface area contributed by atoms with Gasteiger partial charge >= 0.3 is 0 Å². The first kappa shape index (κ1) is 20.0. The molecule has 0 spiro atoms. The van der Waals surface area contributed by atoms with Crippen LogP contribution < -0.4 is 10.1 Å². The van der Waals surface area contributed by atoms with Crippen LogP contribution in [-0.4, -0.2) is 39.0 Å². The van der Waals surface area contributed by atoms with Gasteiger partial charge in [0.2, 0.25) is 5.95 Å². The van der Waals surface area contributed by atoms with Gasteiger partial charge in [0.15, 0.2) is 0 Å². The molecule has 1 N–H and O–H groups in total. The van der Waals surface area contributed by atoms with Crippen LogP contribution in [0.5, 0.6) is 5.75 Å². The fraction of sp³-hybridized carbons (Fsp3) is 0.333. The number of likely N-dealkylation sites (tertiary alicyclic amines) is 1.